The van der Waals surface area contributed by atoms with Crippen LogP contribution in [0.1, 0.15) is 12.0 Å². The van der Waals surface area contributed by atoms with Crippen LogP contribution in [-0.4, -0.2) is 38.2 Å². The van der Waals surface area contributed by atoms with E-state index in [2.05, 4.69) is 0 Å². The van der Waals surface area contributed by atoms with Gasteiger partial charge in [0, 0.05) is 17.4 Å². The topological polar surface area (TPSA) is 63.6 Å². The molecule has 6 heteroatoms. The van der Waals surface area contributed by atoms with Crippen molar-refractivity contribution in [3.05, 3.63) is 28.8 Å². The molecule has 0 aliphatic carbocycles. The SMILES string of the molecule is COc1ccc(Cl)cc1CC(O)C1CCS(=O)(=O)C1. The van der Waals surface area contributed by atoms with Gasteiger partial charge in [0.1, 0.15) is 5.75 Å². The number of rotatable bonds is 4. The predicted octanol–water partition coefficient (Wildman–Crippen LogP) is 1.69. The molecule has 4 nitrogen and oxygen atoms in total. The third-order valence-electron chi connectivity index (χ3n) is 3.48. The highest BCUT2D eigenvalue weighted by molar-refractivity contribution is 7.91. The molecular weight excluding hydrogens is 288 g/mol. The molecule has 1 saturated heterocycles. The molecule has 0 radical (unpaired) electrons. The Hall–Kier alpha value is -0.780. The lowest BCUT2D eigenvalue weighted by Crippen LogP contribution is -2.24. The van der Waals surface area contributed by atoms with E-state index in [1.807, 2.05) is 0 Å². The van der Waals surface area contributed by atoms with E-state index >= 15 is 0 Å². The maximum Gasteiger partial charge on any atom is 0.150 e. The summed E-state index contributed by atoms with van der Waals surface area (Å²) in [6.07, 6.45) is 0.181. The molecule has 1 aliphatic rings. The van der Waals surface area contributed by atoms with Gasteiger partial charge in [-0.25, -0.2) is 8.42 Å². The number of aliphatic hydroxyl groups is 1. The number of methoxy groups -OCH3 is 1. The Labute approximate surface area is 118 Å². The first-order chi connectivity index (χ1) is 8.91. The highest BCUT2D eigenvalue weighted by Gasteiger charge is 2.33. The molecule has 1 aliphatic heterocycles. The number of benzene rings is 1. The Balaban J connectivity index is 2.11. The Bertz CT molecular complexity index is 556. The summed E-state index contributed by atoms with van der Waals surface area (Å²) in [5.41, 5.74) is 0.798. The first-order valence-corrected chi connectivity index (χ1v) is 8.32. The Morgan fingerprint density at radius 2 is 2.26 bits per heavy atom. The average molecular weight is 305 g/mol. The van der Waals surface area contributed by atoms with Gasteiger partial charge in [-0.2, -0.15) is 0 Å². The lowest BCUT2D eigenvalue weighted by Gasteiger charge is -2.18. The quantitative estimate of drug-likeness (QED) is 0.919. The van der Waals surface area contributed by atoms with Gasteiger partial charge in [-0.3, -0.25) is 0 Å². The van der Waals surface area contributed by atoms with Crippen molar-refractivity contribution < 1.29 is 18.3 Å². The molecule has 2 atom stereocenters. The summed E-state index contributed by atoms with van der Waals surface area (Å²) in [6, 6.07) is 5.21. The number of aliphatic hydroxyl groups excluding tert-OH is 1. The first-order valence-electron chi connectivity index (χ1n) is 6.12. The standard InChI is InChI=1S/C13H17ClO4S/c1-18-13-3-2-11(14)6-10(13)7-12(15)9-4-5-19(16,17)8-9/h2-3,6,9,12,15H,4-5,7-8H2,1H3. The van der Waals surface area contributed by atoms with Crippen LogP contribution in [0.2, 0.25) is 5.02 Å². The van der Waals surface area contributed by atoms with Crippen molar-refractivity contribution in [2.24, 2.45) is 5.92 Å². The van der Waals surface area contributed by atoms with E-state index in [4.69, 9.17) is 16.3 Å². The molecule has 1 heterocycles. The molecule has 106 valence electrons. The molecule has 1 N–H and O–H groups in total. The molecule has 2 rings (SSSR count). The van der Waals surface area contributed by atoms with E-state index in [1.165, 1.54) is 0 Å². The maximum absolute atomic E-state index is 11.4. The van der Waals surface area contributed by atoms with Gasteiger partial charge in [-0.15, -0.1) is 0 Å². The highest BCUT2D eigenvalue weighted by Crippen LogP contribution is 2.28. The molecule has 19 heavy (non-hydrogen) atoms. The van der Waals surface area contributed by atoms with Crippen LogP contribution < -0.4 is 4.74 Å². The van der Waals surface area contributed by atoms with E-state index in [0.717, 1.165) is 5.56 Å². The summed E-state index contributed by atoms with van der Waals surface area (Å²) >= 11 is 5.93. The summed E-state index contributed by atoms with van der Waals surface area (Å²) in [6.45, 7) is 0. The van der Waals surface area contributed by atoms with E-state index in [9.17, 15) is 13.5 Å². The monoisotopic (exact) mass is 304 g/mol. The van der Waals surface area contributed by atoms with Crippen LogP contribution >= 0.6 is 11.6 Å². The van der Waals surface area contributed by atoms with Crippen molar-refractivity contribution in [2.45, 2.75) is 18.9 Å². The molecule has 0 amide bonds. The maximum atomic E-state index is 11.4. The minimum absolute atomic E-state index is 0.0665. The fourth-order valence-electron chi connectivity index (χ4n) is 2.43. The number of halogens is 1. The van der Waals surface area contributed by atoms with Crippen molar-refractivity contribution >= 4 is 21.4 Å². The third-order valence-corrected chi connectivity index (χ3v) is 5.51. The molecule has 0 bridgehead atoms. The molecule has 1 aromatic carbocycles. The van der Waals surface area contributed by atoms with Crippen LogP contribution in [0.3, 0.4) is 0 Å². The van der Waals surface area contributed by atoms with E-state index in [-0.39, 0.29) is 17.4 Å². The van der Waals surface area contributed by atoms with E-state index in [1.54, 1.807) is 25.3 Å². The van der Waals surface area contributed by atoms with Gasteiger partial charge < -0.3 is 9.84 Å². The summed E-state index contributed by atoms with van der Waals surface area (Å²) < 4.78 is 28.1. The second kappa shape index (κ2) is 5.69. The minimum atomic E-state index is -2.97. The van der Waals surface area contributed by atoms with Crippen molar-refractivity contribution in [1.29, 1.82) is 0 Å². The van der Waals surface area contributed by atoms with Crippen molar-refractivity contribution in [2.75, 3.05) is 18.6 Å². The van der Waals surface area contributed by atoms with Crippen molar-refractivity contribution in [3.8, 4) is 5.75 Å². The number of hydrogen-bond acceptors (Lipinski definition) is 4. The summed E-state index contributed by atoms with van der Waals surface area (Å²) in [4.78, 5) is 0. The largest absolute Gasteiger partial charge is 0.496 e. The zero-order chi connectivity index (χ0) is 14.0. The Kier molecular flexibility index (Phi) is 4.38. The molecule has 1 fully saturated rings. The van der Waals surface area contributed by atoms with Gasteiger partial charge in [0.2, 0.25) is 0 Å². The van der Waals surface area contributed by atoms with E-state index in [0.29, 0.717) is 23.6 Å². The van der Waals surface area contributed by atoms with E-state index < -0.39 is 15.9 Å². The Morgan fingerprint density at radius 1 is 1.53 bits per heavy atom. The minimum Gasteiger partial charge on any atom is -0.496 e. The lowest BCUT2D eigenvalue weighted by molar-refractivity contribution is 0.119. The number of sulfone groups is 1. The summed E-state index contributed by atoms with van der Waals surface area (Å²) in [7, 11) is -1.42. The Morgan fingerprint density at radius 3 is 2.84 bits per heavy atom. The second-order valence-corrected chi connectivity index (χ2v) is 7.56. The van der Waals surface area contributed by atoms with Crippen LogP contribution in [0.25, 0.3) is 0 Å². The van der Waals surface area contributed by atoms with Gasteiger partial charge in [0.05, 0.1) is 24.7 Å². The highest BCUT2D eigenvalue weighted by atomic mass is 35.5. The molecule has 0 spiro atoms. The second-order valence-electron chi connectivity index (χ2n) is 4.89. The fraction of sp³-hybridized carbons (Fsp3) is 0.538. The van der Waals surface area contributed by atoms with Crippen molar-refractivity contribution in [1.82, 2.24) is 0 Å². The summed E-state index contributed by atoms with van der Waals surface area (Å²) in [5, 5.41) is 10.8. The lowest BCUT2D eigenvalue weighted by atomic mass is 9.95. The van der Waals surface area contributed by atoms with Crippen molar-refractivity contribution in [3.63, 3.8) is 0 Å². The van der Waals surface area contributed by atoms with Crippen LogP contribution in [0.4, 0.5) is 0 Å². The molecule has 1 aromatic rings. The average Bonchev–Trinajstić information content (AvgIpc) is 2.70. The van der Waals surface area contributed by atoms with Gasteiger partial charge in [-0.05, 0) is 30.2 Å². The first kappa shape index (κ1) is 14.6. The number of hydrogen-bond donors (Lipinski definition) is 1. The molecule has 2 unspecified atom stereocenters. The molecular formula is C13H17ClO4S. The van der Waals surface area contributed by atoms with Gasteiger partial charge >= 0.3 is 0 Å². The van der Waals surface area contributed by atoms with Gasteiger partial charge in [0.15, 0.2) is 9.84 Å². The van der Waals surface area contributed by atoms with Gasteiger partial charge in [-0.1, -0.05) is 11.6 Å². The van der Waals surface area contributed by atoms with Crippen LogP contribution in [-0.2, 0) is 16.3 Å². The number of ether oxygens (including phenoxy) is 1. The zero-order valence-electron chi connectivity index (χ0n) is 10.7. The fourth-order valence-corrected chi connectivity index (χ4v) is 4.49. The third kappa shape index (κ3) is 3.61. The van der Waals surface area contributed by atoms with Crippen LogP contribution in [0, 0.1) is 5.92 Å². The van der Waals surface area contributed by atoms with Gasteiger partial charge in [0.25, 0.3) is 0 Å². The molecule has 0 aromatic heterocycles. The zero-order valence-corrected chi connectivity index (χ0v) is 12.2. The smallest absolute Gasteiger partial charge is 0.150 e. The van der Waals surface area contributed by atoms with Crippen LogP contribution in [0.5, 0.6) is 5.75 Å². The normalized spacial score (nSPS) is 23.2. The van der Waals surface area contributed by atoms with Crippen LogP contribution in [0.15, 0.2) is 18.2 Å². The summed E-state index contributed by atoms with van der Waals surface area (Å²) in [5.74, 6) is 0.691. The predicted molar refractivity (Wildman–Crippen MR) is 74.5 cm³/mol. The molecule has 0 saturated carbocycles.